The van der Waals surface area contributed by atoms with Crippen LogP contribution in [0.15, 0.2) is 41.5 Å². The highest BCUT2D eigenvalue weighted by Gasteiger charge is 2.21. The molecule has 0 bridgehead atoms. The molecule has 0 aliphatic heterocycles. The summed E-state index contributed by atoms with van der Waals surface area (Å²) < 4.78 is 5.96. The number of hydrogen-bond acceptors (Lipinski definition) is 2. The topological polar surface area (TPSA) is 46.5 Å². The number of allylic oxidation sites excluding steroid dienone is 2. The number of carbonyl (C=O) groups is 1. The Bertz CT molecular complexity index is 590. The molecule has 0 saturated heterocycles. The van der Waals surface area contributed by atoms with Crippen molar-refractivity contribution >= 4 is 17.6 Å². The van der Waals surface area contributed by atoms with E-state index < -0.39 is 12.1 Å². The number of aryl methyl sites for hydroxylation is 2. The highest BCUT2D eigenvalue weighted by molar-refractivity contribution is 6.31. The minimum absolute atomic E-state index is 0.0613. The van der Waals surface area contributed by atoms with Crippen molar-refractivity contribution in [2.24, 2.45) is 0 Å². The van der Waals surface area contributed by atoms with Gasteiger partial charge in [0.05, 0.1) is 18.6 Å². The third-order valence-corrected chi connectivity index (χ3v) is 3.84. The standard InChI is InChI=1S/C17H19ClO3/c1-11-6-7-13(8-12(11)2)16(10-17(19)20)21-15-5-3-4-14(18)9-15/h3-4,6-9,15-16H,5,10H2,1-2H3,(H,19,20). The van der Waals surface area contributed by atoms with Crippen LogP contribution in [0.25, 0.3) is 0 Å². The quantitative estimate of drug-likeness (QED) is 0.883. The number of aliphatic carboxylic acids is 1. The summed E-state index contributed by atoms with van der Waals surface area (Å²) in [5.74, 6) is -0.875. The second kappa shape index (κ2) is 6.92. The average Bonchev–Trinajstić information content (AvgIpc) is 2.41. The van der Waals surface area contributed by atoms with Crippen LogP contribution < -0.4 is 0 Å². The molecule has 0 spiro atoms. The summed E-state index contributed by atoms with van der Waals surface area (Å²) in [6.45, 7) is 4.04. The zero-order valence-electron chi connectivity index (χ0n) is 12.2. The van der Waals surface area contributed by atoms with Crippen molar-refractivity contribution in [3.63, 3.8) is 0 Å². The van der Waals surface area contributed by atoms with E-state index in [0.717, 1.165) is 11.1 Å². The number of halogens is 1. The SMILES string of the molecule is Cc1ccc(C(CC(=O)O)OC2C=C(Cl)C=CC2)cc1C. The van der Waals surface area contributed by atoms with Crippen molar-refractivity contribution in [1.29, 1.82) is 0 Å². The maximum Gasteiger partial charge on any atom is 0.306 e. The monoisotopic (exact) mass is 306 g/mol. The zero-order chi connectivity index (χ0) is 15.4. The predicted molar refractivity (Wildman–Crippen MR) is 83.5 cm³/mol. The summed E-state index contributed by atoms with van der Waals surface area (Å²) in [6, 6.07) is 5.92. The molecule has 112 valence electrons. The van der Waals surface area contributed by atoms with E-state index in [0.29, 0.717) is 11.5 Å². The molecular formula is C17H19ClO3. The van der Waals surface area contributed by atoms with Crippen LogP contribution >= 0.6 is 11.6 Å². The molecule has 1 N–H and O–H groups in total. The average molecular weight is 307 g/mol. The second-order valence-corrected chi connectivity index (χ2v) is 5.73. The molecule has 0 amide bonds. The Morgan fingerprint density at radius 1 is 1.43 bits per heavy atom. The lowest BCUT2D eigenvalue weighted by Crippen LogP contribution is -2.18. The second-order valence-electron chi connectivity index (χ2n) is 5.29. The third kappa shape index (κ3) is 4.45. The summed E-state index contributed by atoms with van der Waals surface area (Å²) in [6.07, 6.45) is 5.56. The molecule has 1 aliphatic carbocycles. The van der Waals surface area contributed by atoms with Crippen LogP contribution in [0.3, 0.4) is 0 Å². The van der Waals surface area contributed by atoms with Gasteiger partial charge in [-0.15, -0.1) is 0 Å². The van der Waals surface area contributed by atoms with E-state index >= 15 is 0 Å². The van der Waals surface area contributed by atoms with Gasteiger partial charge in [0.15, 0.2) is 0 Å². The lowest BCUT2D eigenvalue weighted by Gasteiger charge is -2.23. The molecule has 3 nitrogen and oxygen atoms in total. The van der Waals surface area contributed by atoms with Gasteiger partial charge in [0, 0.05) is 5.03 Å². The molecule has 0 radical (unpaired) electrons. The van der Waals surface area contributed by atoms with Crippen molar-refractivity contribution in [3.8, 4) is 0 Å². The van der Waals surface area contributed by atoms with Gasteiger partial charge in [0.1, 0.15) is 0 Å². The Balaban J connectivity index is 2.19. The van der Waals surface area contributed by atoms with Crippen LogP contribution in [0, 0.1) is 13.8 Å². The van der Waals surface area contributed by atoms with Gasteiger partial charge < -0.3 is 9.84 Å². The van der Waals surface area contributed by atoms with Crippen LogP contribution in [-0.2, 0) is 9.53 Å². The molecule has 4 heteroatoms. The number of hydrogen-bond donors (Lipinski definition) is 1. The fraction of sp³-hybridized carbons (Fsp3) is 0.353. The molecule has 2 rings (SSSR count). The van der Waals surface area contributed by atoms with E-state index in [1.54, 1.807) is 0 Å². The Morgan fingerprint density at radius 2 is 2.19 bits per heavy atom. The van der Waals surface area contributed by atoms with Gasteiger partial charge in [-0.1, -0.05) is 35.9 Å². The smallest absolute Gasteiger partial charge is 0.306 e. The van der Waals surface area contributed by atoms with E-state index in [1.807, 2.05) is 50.3 Å². The molecule has 2 unspecified atom stereocenters. The van der Waals surface area contributed by atoms with Crippen LogP contribution in [0.2, 0.25) is 0 Å². The fourth-order valence-corrected chi connectivity index (χ4v) is 2.52. The van der Waals surface area contributed by atoms with Crippen LogP contribution in [0.1, 0.15) is 35.6 Å². The first-order valence-corrected chi connectivity index (χ1v) is 7.32. The Morgan fingerprint density at radius 3 is 2.81 bits per heavy atom. The molecule has 1 aliphatic rings. The van der Waals surface area contributed by atoms with Crippen molar-refractivity contribution in [1.82, 2.24) is 0 Å². The maximum atomic E-state index is 11.1. The molecule has 1 aromatic carbocycles. The largest absolute Gasteiger partial charge is 0.481 e. The van der Waals surface area contributed by atoms with E-state index in [4.69, 9.17) is 21.4 Å². The highest BCUT2D eigenvalue weighted by Crippen LogP contribution is 2.28. The van der Waals surface area contributed by atoms with Gasteiger partial charge in [-0.3, -0.25) is 4.79 Å². The summed E-state index contributed by atoms with van der Waals surface area (Å²) in [7, 11) is 0. The van der Waals surface area contributed by atoms with Gasteiger partial charge in [-0.05, 0) is 49.1 Å². The maximum absolute atomic E-state index is 11.1. The van der Waals surface area contributed by atoms with Crippen molar-refractivity contribution in [2.45, 2.75) is 38.9 Å². The van der Waals surface area contributed by atoms with Gasteiger partial charge in [0.2, 0.25) is 0 Å². The number of carboxylic acids is 1. The third-order valence-electron chi connectivity index (χ3n) is 3.59. The minimum Gasteiger partial charge on any atom is -0.481 e. The van der Waals surface area contributed by atoms with Crippen molar-refractivity contribution in [3.05, 3.63) is 58.1 Å². The Hall–Kier alpha value is -1.58. The first-order chi connectivity index (χ1) is 9.95. The van der Waals surface area contributed by atoms with Gasteiger partial charge in [0.25, 0.3) is 0 Å². The molecule has 0 aromatic heterocycles. The molecule has 0 fully saturated rings. The Labute approximate surface area is 129 Å². The molecule has 0 heterocycles. The van der Waals surface area contributed by atoms with Gasteiger partial charge in [-0.25, -0.2) is 0 Å². The molecule has 0 saturated carbocycles. The van der Waals surface area contributed by atoms with E-state index in [-0.39, 0.29) is 12.5 Å². The van der Waals surface area contributed by atoms with Crippen LogP contribution in [-0.4, -0.2) is 17.2 Å². The number of carboxylic acid groups (broad SMARTS) is 1. The molecular weight excluding hydrogens is 288 g/mol. The molecule has 1 aromatic rings. The summed E-state index contributed by atoms with van der Waals surface area (Å²) >= 11 is 5.97. The predicted octanol–water partition coefficient (Wildman–Crippen LogP) is 4.29. The number of ether oxygens (including phenoxy) is 1. The molecule has 2 atom stereocenters. The highest BCUT2D eigenvalue weighted by atomic mass is 35.5. The number of rotatable bonds is 5. The van der Waals surface area contributed by atoms with E-state index in [9.17, 15) is 4.79 Å². The first kappa shape index (κ1) is 15.8. The first-order valence-electron chi connectivity index (χ1n) is 6.94. The van der Waals surface area contributed by atoms with Crippen LogP contribution in [0.4, 0.5) is 0 Å². The Kier molecular flexibility index (Phi) is 5.21. The van der Waals surface area contributed by atoms with Crippen molar-refractivity contribution in [2.75, 3.05) is 0 Å². The minimum atomic E-state index is -0.875. The zero-order valence-corrected chi connectivity index (χ0v) is 12.9. The lowest BCUT2D eigenvalue weighted by molar-refractivity contribution is -0.141. The van der Waals surface area contributed by atoms with E-state index in [2.05, 4.69) is 0 Å². The number of benzene rings is 1. The summed E-state index contributed by atoms with van der Waals surface area (Å²) in [4.78, 5) is 11.1. The fourth-order valence-electron chi connectivity index (χ4n) is 2.29. The van der Waals surface area contributed by atoms with Gasteiger partial charge in [-0.2, -0.15) is 0 Å². The van der Waals surface area contributed by atoms with Gasteiger partial charge >= 0.3 is 5.97 Å². The van der Waals surface area contributed by atoms with E-state index in [1.165, 1.54) is 5.56 Å². The van der Waals surface area contributed by atoms with Crippen molar-refractivity contribution < 1.29 is 14.6 Å². The van der Waals surface area contributed by atoms with Crippen LogP contribution in [0.5, 0.6) is 0 Å². The normalized spacial score (nSPS) is 19.2. The summed E-state index contributed by atoms with van der Waals surface area (Å²) in [5, 5.41) is 9.74. The lowest BCUT2D eigenvalue weighted by atomic mass is 10.0. The molecule has 21 heavy (non-hydrogen) atoms. The summed E-state index contributed by atoms with van der Waals surface area (Å²) in [5.41, 5.74) is 3.19.